The Labute approximate surface area is 115 Å². The first-order valence-electron chi connectivity index (χ1n) is 6.56. The van der Waals surface area contributed by atoms with Gasteiger partial charge in [0.05, 0.1) is 0 Å². The Morgan fingerprint density at radius 2 is 1.95 bits per heavy atom. The Bertz CT molecular complexity index is 598. The molecule has 102 valence electrons. The summed E-state index contributed by atoms with van der Waals surface area (Å²) in [6, 6.07) is 3.56. The van der Waals surface area contributed by atoms with E-state index < -0.39 is 0 Å². The van der Waals surface area contributed by atoms with Gasteiger partial charge in [0.25, 0.3) is 5.56 Å². The molecule has 0 spiro atoms. The van der Waals surface area contributed by atoms with Crippen LogP contribution >= 0.6 is 11.3 Å². The summed E-state index contributed by atoms with van der Waals surface area (Å²) in [5.41, 5.74) is 0.768. The number of thiophene rings is 1. The molecule has 0 saturated carbocycles. The number of H-pyrrole nitrogens is 1. The summed E-state index contributed by atoms with van der Waals surface area (Å²) in [5.74, 6) is 0. The summed E-state index contributed by atoms with van der Waals surface area (Å²) < 4.78 is 1.56. The zero-order valence-electron chi connectivity index (χ0n) is 10.8. The Morgan fingerprint density at radius 3 is 2.68 bits per heavy atom. The second kappa shape index (κ2) is 7.09. The number of unbranched alkanes of at least 4 members (excludes halogenated alkanes) is 3. The third kappa shape index (κ3) is 4.52. The van der Waals surface area contributed by atoms with Gasteiger partial charge in [-0.2, -0.15) is 11.3 Å². The van der Waals surface area contributed by atoms with E-state index in [2.05, 4.69) is 21.8 Å². The predicted octanol–water partition coefficient (Wildman–Crippen LogP) is 2.40. The van der Waals surface area contributed by atoms with Gasteiger partial charge in [0.2, 0.25) is 0 Å². The second-order valence-corrected chi connectivity index (χ2v) is 5.38. The van der Waals surface area contributed by atoms with Gasteiger partial charge in [-0.15, -0.1) is 0 Å². The van der Waals surface area contributed by atoms with Gasteiger partial charge in [-0.25, -0.2) is 4.79 Å². The van der Waals surface area contributed by atoms with Gasteiger partial charge >= 0.3 is 5.69 Å². The third-order valence-corrected chi connectivity index (χ3v) is 3.82. The molecule has 0 aliphatic heterocycles. The first kappa shape index (κ1) is 13.8. The average molecular weight is 278 g/mol. The molecule has 5 heteroatoms. The quantitative estimate of drug-likeness (QED) is 0.791. The van der Waals surface area contributed by atoms with E-state index in [0.29, 0.717) is 6.54 Å². The molecule has 2 aromatic heterocycles. The average Bonchev–Trinajstić information content (AvgIpc) is 2.89. The van der Waals surface area contributed by atoms with Crippen molar-refractivity contribution < 1.29 is 0 Å². The minimum atomic E-state index is -0.336. The highest BCUT2D eigenvalue weighted by Crippen LogP contribution is 2.11. The van der Waals surface area contributed by atoms with Crippen LogP contribution in [-0.2, 0) is 13.0 Å². The van der Waals surface area contributed by atoms with Crippen molar-refractivity contribution in [2.24, 2.45) is 0 Å². The van der Waals surface area contributed by atoms with E-state index in [1.54, 1.807) is 22.1 Å². The van der Waals surface area contributed by atoms with Gasteiger partial charge < -0.3 is 4.57 Å². The van der Waals surface area contributed by atoms with E-state index in [9.17, 15) is 9.59 Å². The molecule has 0 aliphatic carbocycles. The summed E-state index contributed by atoms with van der Waals surface area (Å²) in [4.78, 5) is 24.6. The zero-order valence-corrected chi connectivity index (χ0v) is 11.6. The van der Waals surface area contributed by atoms with Crippen LogP contribution in [0.4, 0.5) is 0 Å². The molecule has 0 saturated heterocycles. The fourth-order valence-electron chi connectivity index (χ4n) is 2.02. The molecular formula is C14H18N2O2S. The van der Waals surface area contributed by atoms with E-state index in [1.165, 1.54) is 24.5 Å². The molecule has 0 radical (unpaired) electrons. The van der Waals surface area contributed by atoms with Crippen LogP contribution in [-0.4, -0.2) is 9.55 Å². The van der Waals surface area contributed by atoms with E-state index in [4.69, 9.17) is 0 Å². The SMILES string of the molecule is O=c1ccn(CCCCCCc2ccsc2)c(=O)[nH]1. The van der Waals surface area contributed by atoms with Crippen LogP contribution in [0, 0.1) is 0 Å². The molecule has 2 heterocycles. The standard InChI is InChI=1S/C14H18N2O2S/c17-13-6-9-16(14(18)15-13)8-4-2-1-3-5-12-7-10-19-11-12/h6-7,9-11H,1-5,8H2,(H,15,17,18). The van der Waals surface area contributed by atoms with Crippen molar-refractivity contribution in [3.63, 3.8) is 0 Å². The maximum atomic E-state index is 11.4. The molecule has 0 unspecified atom stereocenters. The number of rotatable bonds is 7. The highest BCUT2D eigenvalue weighted by Gasteiger charge is 1.97. The summed E-state index contributed by atoms with van der Waals surface area (Å²) in [6.07, 6.45) is 7.14. The number of aromatic nitrogens is 2. The normalized spacial score (nSPS) is 10.7. The molecule has 1 N–H and O–H groups in total. The minimum Gasteiger partial charge on any atom is -0.301 e. The van der Waals surface area contributed by atoms with Crippen molar-refractivity contribution in [3.05, 3.63) is 55.5 Å². The van der Waals surface area contributed by atoms with Crippen molar-refractivity contribution in [1.82, 2.24) is 9.55 Å². The topological polar surface area (TPSA) is 54.9 Å². The minimum absolute atomic E-state index is 0.314. The van der Waals surface area contributed by atoms with Crippen LogP contribution < -0.4 is 11.2 Å². The van der Waals surface area contributed by atoms with E-state index >= 15 is 0 Å². The number of hydrogen-bond donors (Lipinski definition) is 1. The molecule has 0 amide bonds. The molecule has 0 bridgehead atoms. The molecule has 0 aliphatic rings. The van der Waals surface area contributed by atoms with Gasteiger partial charge in [-0.05, 0) is 41.7 Å². The molecule has 4 nitrogen and oxygen atoms in total. The van der Waals surface area contributed by atoms with E-state index in [-0.39, 0.29) is 11.2 Å². The van der Waals surface area contributed by atoms with E-state index in [0.717, 1.165) is 19.3 Å². The Kier molecular flexibility index (Phi) is 5.15. The molecule has 0 aromatic carbocycles. The van der Waals surface area contributed by atoms with Crippen LogP contribution in [0.15, 0.2) is 38.7 Å². The predicted molar refractivity (Wildman–Crippen MR) is 77.8 cm³/mol. The van der Waals surface area contributed by atoms with Crippen LogP contribution in [0.5, 0.6) is 0 Å². The van der Waals surface area contributed by atoms with Gasteiger partial charge in [-0.1, -0.05) is 12.8 Å². The monoisotopic (exact) mass is 278 g/mol. The Hall–Kier alpha value is -1.62. The first-order chi connectivity index (χ1) is 9.25. The lowest BCUT2D eigenvalue weighted by Crippen LogP contribution is -2.28. The highest BCUT2D eigenvalue weighted by molar-refractivity contribution is 7.07. The maximum Gasteiger partial charge on any atom is 0.328 e. The lowest BCUT2D eigenvalue weighted by Gasteiger charge is -2.04. The smallest absolute Gasteiger partial charge is 0.301 e. The number of hydrogen-bond acceptors (Lipinski definition) is 3. The number of aryl methyl sites for hydroxylation is 2. The van der Waals surface area contributed by atoms with Gasteiger partial charge in [-0.3, -0.25) is 9.78 Å². The number of aromatic amines is 1. The summed E-state index contributed by atoms with van der Waals surface area (Å²) in [5, 5.41) is 4.30. The maximum absolute atomic E-state index is 11.4. The molecule has 0 atom stereocenters. The molecule has 0 fully saturated rings. The van der Waals surface area contributed by atoms with Crippen molar-refractivity contribution in [3.8, 4) is 0 Å². The molecule has 2 rings (SSSR count). The molecule has 19 heavy (non-hydrogen) atoms. The largest absolute Gasteiger partial charge is 0.328 e. The van der Waals surface area contributed by atoms with Crippen molar-refractivity contribution >= 4 is 11.3 Å². The van der Waals surface area contributed by atoms with Crippen LogP contribution in [0.1, 0.15) is 31.2 Å². The number of nitrogens with zero attached hydrogens (tertiary/aromatic N) is 1. The molecular weight excluding hydrogens is 260 g/mol. The third-order valence-electron chi connectivity index (χ3n) is 3.09. The number of nitrogens with one attached hydrogen (secondary N) is 1. The van der Waals surface area contributed by atoms with Crippen LogP contribution in [0.2, 0.25) is 0 Å². The highest BCUT2D eigenvalue weighted by atomic mass is 32.1. The fraction of sp³-hybridized carbons (Fsp3) is 0.429. The summed E-state index contributed by atoms with van der Waals surface area (Å²) in [6.45, 7) is 0.675. The van der Waals surface area contributed by atoms with Crippen molar-refractivity contribution in [2.45, 2.75) is 38.6 Å². The van der Waals surface area contributed by atoms with E-state index in [1.807, 2.05) is 0 Å². The van der Waals surface area contributed by atoms with Crippen molar-refractivity contribution in [1.29, 1.82) is 0 Å². The first-order valence-corrected chi connectivity index (χ1v) is 7.51. The zero-order chi connectivity index (χ0) is 13.5. The van der Waals surface area contributed by atoms with Gasteiger partial charge in [0.1, 0.15) is 0 Å². The van der Waals surface area contributed by atoms with Crippen LogP contribution in [0.3, 0.4) is 0 Å². The van der Waals surface area contributed by atoms with Gasteiger partial charge in [0, 0.05) is 18.8 Å². The van der Waals surface area contributed by atoms with Crippen LogP contribution in [0.25, 0.3) is 0 Å². The van der Waals surface area contributed by atoms with Crippen molar-refractivity contribution in [2.75, 3.05) is 0 Å². The summed E-state index contributed by atoms with van der Waals surface area (Å²) >= 11 is 1.74. The summed E-state index contributed by atoms with van der Waals surface area (Å²) in [7, 11) is 0. The Morgan fingerprint density at radius 1 is 1.11 bits per heavy atom. The second-order valence-electron chi connectivity index (χ2n) is 4.60. The Balaban J connectivity index is 1.64. The molecule has 2 aromatic rings. The lowest BCUT2D eigenvalue weighted by atomic mass is 10.1. The fourth-order valence-corrected chi connectivity index (χ4v) is 2.72. The lowest BCUT2D eigenvalue weighted by molar-refractivity contribution is 0.552. The van der Waals surface area contributed by atoms with Gasteiger partial charge in [0.15, 0.2) is 0 Å².